The number of para-hydroxylation sites is 1. The predicted octanol–water partition coefficient (Wildman–Crippen LogP) is 15.8. The second-order valence-corrected chi connectivity index (χ2v) is 14.5. The van der Waals surface area contributed by atoms with Gasteiger partial charge in [0.2, 0.25) is 0 Å². The lowest BCUT2D eigenvalue weighted by Crippen LogP contribution is -2.12. The smallest absolute Gasteiger partial charge is 0.0540 e. The summed E-state index contributed by atoms with van der Waals surface area (Å²) in [5, 5.41) is 4.90. The Balaban J connectivity index is 1.16. The molecule has 0 amide bonds. The van der Waals surface area contributed by atoms with Crippen molar-refractivity contribution in [3.63, 3.8) is 0 Å². The summed E-state index contributed by atoms with van der Waals surface area (Å²) in [6.45, 7) is 0. The van der Waals surface area contributed by atoms with Gasteiger partial charge in [-0.15, -0.1) is 0 Å². The Morgan fingerprint density at radius 2 is 0.684 bits per heavy atom. The van der Waals surface area contributed by atoms with Crippen molar-refractivity contribution >= 4 is 38.6 Å². The van der Waals surface area contributed by atoms with Gasteiger partial charge in [-0.05, 0) is 96.6 Å². The molecule has 0 spiro atoms. The standard InChI is InChI=1S/C56H39N/c1-3-17-40(18-4-1)45-35-38-52(54(39-45)43-19-5-2-6-20-43)50-27-11-12-28-51(50)53-29-13-14-31-56(53)57(55-32-16-24-42-22-8-10-26-49(42)55)46-36-33-44(34-37-46)48-30-15-23-41-21-7-9-25-47(41)48/h1-39H. The number of rotatable bonds is 8. The minimum absolute atomic E-state index is 1.09. The largest absolute Gasteiger partial charge is 0.309 e. The van der Waals surface area contributed by atoms with Crippen LogP contribution < -0.4 is 4.90 Å². The van der Waals surface area contributed by atoms with Crippen molar-refractivity contribution in [3.8, 4) is 55.6 Å². The molecule has 0 saturated heterocycles. The fraction of sp³-hybridized carbons (Fsp3) is 0. The summed E-state index contributed by atoms with van der Waals surface area (Å²) in [6, 6.07) is 85.7. The predicted molar refractivity (Wildman–Crippen MR) is 243 cm³/mol. The molecule has 57 heavy (non-hydrogen) atoms. The third-order valence-electron chi connectivity index (χ3n) is 11.1. The summed E-state index contributed by atoms with van der Waals surface area (Å²) in [6.07, 6.45) is 0. The summed E-state index contributed by atoms with van der Waals surface area (Å²) in [5.74, 6) is 0. The molecule has 0 heterocycles. The third-order valence-corrected chi connectivity index (χ3v) is 11.1. The lowest BCUT2D eigenvalue weighted by molar-refractivity contribution is 1.30. The van der Waals surface area contributed by atoms with Gasteiger partial charge in [0.15, 0.2) is 0 Å². The molecule has 0 bridgehead atoms. The highest BCUT2D eigenvalue weighted by Crippen LogP contribution is 2.47. The normalized spacial score (nSPS) is 11.2. The fourth-order valence-electron chi connectivity index (χ4n) is 8.37. The molecule has 10 aromatic rings. The van der Waals surface area contributed by atoms with Crippen LogP contribution in [0.15, 0.2) is 237 Å². The molecule has 10 aromatic carbocycles. The van der Waals surface area contributed by atoms with Gasteiger partial charge < -0.3 is 4.90 Å². The molecular weight excluding hydrogens is 687 g/mol. The molecular formula is C56H39N. The molecule has 0 aliphatic rings. The molecule has 10 rings (SSSR count). The van der Waals surface area contributed by atoms with Crippen LogP contribution in [0, 0.1) is 0 Å². The summed E-state index contributed by atoms with van der Waals surface area (Å²) in [4.78, 5) is 2.44. The van der Waals surface area contributed by atoms with Gasteiger partial charge in [0.05, 0.1) is 11.4 Å². The van der Waals surface area contributed by atoms with Crippen LogP contribution in [-0.2, 0) is 0 Å². The van der Waals surface area contributed by atoms with E-state index >= 15 is 0 Å². The van der Waals surface area contributed by atoms with E-state index in [1.54, 1.807) is 0 Å². The van der Waals surface area contributed by atoms with Crippen molar-refractivity contribution in [1.82, 2.24) is 0 Å². The SMILES string of the molecule is c1ccc(-c2ccc(-c3ccccc3-c3ccccc3N(c3ccc(-c4cccc5ccccc45)cc3)c3cccc4ccccc34)c(-c3ccccc3)c2)cc1. The maximum Gasteiger partial charge on any atom is 0.0540 e. The highest BCUT2D eigenvalue weighted by Gasteiger charge is 2.22. The monoisotopic (exact) mass is 725 g/mol. The van der Waals surface area contributed by atoms with E-state index in [1.165, 1.54) is 71.6 Å². The van der Waals surface area contributed by atoms with Gasteiger partial charge in [-0.1, -0.05) is 206 Å². The first-order valence-electron chi connectivity index (χ1n) is 19.6. The molecule has 0 saturated carbocycles. The average molecular weight is 726 g/mol. The second-order valence-electron chi connectivity index (χ2n) is 14.5. The summed E-state index contributed by atoms with van der Waals surface area (Å²) in [5.41, 5.74) is 15.3. The van der Waals surface area contributed by atoms with E-state index in [-0.39, 0.29) is 0 Å². The first-order chi connectivity index (χ1) is 28.3. The Hall–Kier alpha value is -7.48. The van der Waals surface area contributed by atoms with Crippen molar-refractivity contribution in [2.24, 2.45) is 0 Å². The molecule has 0 fully saturated rings. The molecule has 1 heteroatoms. The van der Waals surface area contributed by atoms with Gasteiger partial charge >= 0.3 is 0 Å². The summed E-state index contributed by atoms with van der Waals surface area (Å²) >= 11 is 0. The van der Waals surface area contributed by atoms with Crippen molar-refractivity contribution in [1.29, 1.82) is 0 Å². The molecule has 0 radical (unpaired) electrons. The molecule has 0 atom stereocenters. The minimum Gasteiger partial charge on any atom is -0.309 e. The van der Waals surface area contributed by atoms with E-state index in [9.17, 15) is 0 Å². The van der Waals surface area contributed by atoms with E-state index in [2.05, 4.69) is 241 Å². The number of hydrogen-bond acceptors (Lipinski definition) is 1. The van der Waals surface area contributed by atoms with Crippen molar-refractivity contribution < 1.29 is 0 Å². The van der Waals surface area contributed by atoms with Gasteiger partial charge in [-0.2, -0.15) is 0 Å². The van der Waals surface area contributed by atoms with Gasteiger partial charge in [-0.25, -0.2) is 0 Å². The molecule has 1 nitrogen and oxygen atoms in total. The van der Waals surface area contributed by atoms with Crippen LogP contribution >= 0.6 is 0 Å². The maximum atomic E-state index is 2.44. The highest BCUT2D eigenvalue weighted by molar-refractivity contribution is 6.03. The summed E-state index contributed by atoms with van der Waals surface area (Å²) in [7, 11) is 0. The Morgan fingerprint density at radius 1 is 0.228 bits per heavy atom. The Kier molecular flexibility index (Phi) is 8.95. The zero-order valence-corrected chi connectivity index (χ0v) is 31.5. The van der Waals surface area contributed by atoms with Crippen LogP contribution in [0.4, 0.5) is 17.1 Å². The first-order valence-corrected chi connectivity index (χ1v) is 19.6. The molecule has 0 N–H and O–H groups in total. The molecule has 0 aliphatic heterocycles. The lowest BCUT2D eigenvalue weighted by Gasteiger charge is -2.30. The van der Waals surface area contributed by atoms with Crippen LogP contribution in [0.2, 0.25) is 0 Å². The van der Waals surface area contributed by atoms with Crippen LogP contribution in [0.5, 0.6) is 0 Å². The molecule has 0 aromatic heterocycles. The number of hydrogen-bond donors (Lipinski definition) is 0. The Bertz CT molecular complexity index is 2990. The van der Waals surface area contributed by atoms with Gasteiger partial charge in [-0.3, -0.25) is 0 Å². The van der Waals surface area contributed by atoms with Gasteiger partial charge in [0.25, 0.3) is 0 Å². The number of fused-ring (bicyclic) bond motifs is 2. The number of nitrogens with zero attached hydrogens (tertiary/aromatic N) is 1. The Labute approximate surface area is 334 Å². The quantitative estimate of drug-likeness (QED) is 0.151. The lowest BCUT2D eigenvalue weighted by atomic mass is 9.87. The van der Waals surface area contributed by atoms with E-state index in [4.69, 9.17) is 0 Å². The van der Waals surface area contributed by atoms with Crippen LogP contribution in [0.1, 0.15) is 0 Å². The zero-order valence-electron chi connectivity index (χ0n) is 31.5. The van der Waals surface area contributed by atoms with Crippen molar-refractivity contribution in [3.05, 3.63) is 237 Å². The first kappa shape index (κ1) is 34.0. The van der Waals surface area contributed by atoms with E-state index in [1.807, 2.05) is 0 Å². The topological polar surface area (TPSA) is 3.24 Å². The van der Waals surface area contributed by atoms with Crippen LogP contribution in [-0.4, -0.2) is 0 Å². The van der Waals surface area contributed by atoms with Crippen molar-refractivity contribution in [2.45, 2.75) is 0 Å². The van der Waals surface area contributed by atoms with E-state index < -0.39 is 0 Å². The van der Waals surface area contributed by atoms with E-state index in [0.29, 0.717) is 0 Å². The Morgan fingerprint density at radius 3 is 1.42 bits per heavy atom. The van der Waals surface area contributed by atoms with Gasteiger partial charge in [0, 0.05) is 16.6 Å². The minimum atomic E-state index is 1.09. The average Bonchev–Trinajstić information content (AvgIpc) is 3.30. The maximum absolute atomic E-state index is 2.44. The highest BCUT2D eigenvalue weighted by atomic mass is 15.1. The molecule has 0 unspecified atom stereocenters. The zero-order chi connectivity index (χ0) is 38.0. The van der Waals surface area contributed by atoms with Crippen LogP contribution in [0.25, 0.3) is 77.2 Å². The van der Waals surface area contributed by atoms with Gasteiger partial charge in [0.1, 0.15) is 0 Å². The molecule has 0 aliphatic carbocycles. The number of benzene rings is 10. The second kappa shape index (κ2) is 15.0. The summed E-state index contributed by atoms with van der Waals surface area (Å²) < 4.78 is 0. The van der Waals surface area contributed by atoms with Crippen molar-refractivity contribution in [2.75, 3.05) is 4.90 Å². The van der Waals surface area contributed by atoms with E-state index in [0.717, 1.165) is 22.6 Å². The third kappa shape index (κ3) is 6.46. The fourth-order valence-corrected chi connectivity index (χ4v) is 8.37. The number of anilines is 3. The molecule has 268 valence electrons. The van der Waals surface area contributed by atoms with Crippen LogP contribution in [0.3, 0.4) is 0 Å².